The third-order valence-corrected chi connectivity index (χ3v) is 4.44. The fourth-order valence-electron chi connectivity index (χ4n) is 2.06. The van der Waals surface area contributed by atoms with Crippen LogP contribution < -0.4 is 10.0 Å². The molecular weight excluding hydrogens is 252 g/mol. The lowest BCUT2D eigenvalue weighted by Crippen LogP contribution is -2.34. The highest BCUT2D eigenvalue weighted by molar-refractivity contribution is 7.89. The third-order valence-electron chi connectivity index (χ3n) is 3.05. The molecule has 0 amide bonds. The molecule has 1 saturated carbocycles. The molecule has 2 N–H and O–H groups in total. The summed E-state index contributed by atoms with van der Waals surface area (Å²) in [6.07, 6.45) is 6.07. The van der Waals surface area contributed by atoms with Crippen LogP contribution in [0.3, 0.4) is 0 Å². The number of hydrogen-bond acceptors (Lipinski definition) is 4. The van der Waals surface area contributed by atoms with Gasteiger partial charge in [-0.1, -0.05) is 19.8 Å². The average molecular weight is 278 g/mol. The highest BCUT2D eigenvalue weighted by Crippen LogP contribution is 2.20. The summed E-state index contributed by atoms with van der Waals surface area (Å²) in [6.45, 7) is 4.28. The van der Waals surface area contributed by atoms with Gasteiger partial charge < -0.3 is 10.1 Å². The van der Waals surface area contributed by atoms with Crippen molar-refractivity contribution in [3.8, 4) is 0 Å². The van der Waals surface area contributed by atoms with E-state index in [4.69, 9.17) is 4.74 Å². The Labute approximate surface area is 111 Å². The van der Waals surface area contributed by atoms with Crippen LogP contribution in [0.15, 0.2) is 0 Å². The summed E-state index contributed by atoms with van der Waals surface area (Å²) < 4.78 is 31.3. The van der Waals surface area contributed by atoms with Crippen LogP contribution in [0.5, 0.6) is 0 Å². The lowest BCUT2D eigenvalue weighted by molar-refractivity contribution is 0.0626. The molecule has 0 aromatic heterocycles. The second kappa shape index (κ2) is 8.85. The van der Waals surface area contributed by atoms with Gasteiger partial charge in [0, 0.05) is 13.1 Å². The van der Waals surface area contributed by atoms with Crippen molar-refractivity contribution in [2.24, 2.45) is 0 Å². The van der Waals surface area contributed by atoms with Gasteiger partial charge in [0.2, 0.25) is 10.0 Å². The maximum atomic E-state index is 11.6. The second-order valence-electron chi connectivity index (χ2n) is 4.74. The van der Waals surface area contributed by atoms with Gasteiger partial charge in [-0.25, -0.2) is 13.1 Å². The predicted octanol–water partition coefficient (Wildman–Crippen LogP) is 0.865. The molecule has 0 radical (unpaired) electrons. The molecule has 0 aromatic carbocycles. The molecule has 1 aliphatic rings. The maximum absolute atomic E-state index is 11.6. The van der Waals surface area contributed by atoms with Crippen LogP contribution >= 0.6 is 0 Å². The molecule has 0 unspecified atom stereocenters. The van der Waals surface area contributed by atoms with Crippen molar-refractivity contribution in [2.75, 3.05) is 32.0 Å². The molecule has 0 atom stereocenters. The van der Waals surface area contributed by atoms with Crippen molar-refractivity contribution < 1.29 is 13.2 Å². The van der Waals surface area contributed by atoms with E-state index in [9.17, 15) is 8.42 Å². The van der Waals surface area contributed by atoms with E-state index >= 15 is 0 Å². The summed E-state index contributed by atoms with van der Waals surface area (Å²) in [6, 6.07) is 0. The third kappa shape index (κ3) is 7.31. The predicted molar refractivity (Wildman–Crippen MR) is 73.2 cm³/mol. The monoisotopic (exact) mass is 278 g/mol. The van der Waals surface area contributed by atoms with Crippen molar-refractivity contribution in [2.45, 2.75) is 45.1 Å². The molecular formula is C12H26N2O3S. The number of ether oxygens (including phenoxy) is 1. The van der Waals surface area contributed by atoms with Gasteiger partial charge in [0.1, 0.15) is 0 Å². The Morgan fingerprint density at radius 1 is 1.17 bits per heavy atom. The molecule has 0 spiro atoms. The van der Waals surface area contributed by atoms with Crippen LogP contribution in [0.4, 0.5) is 0 Å². The zero-order valence-corrected chi connectivity index (χ0v) is 12.1. The quantitative estimate of drug-likeness (QED) is 0.582. The van der Waals surface area contributed by atoms with Crippen molar-refractivity contribution in [3.05, 3.63) is 0 Å². The minimum Gasteiger partial charge on any atom is -0.377 e. The van der Waals surface area contributed by atoms with Crippen LogP contribution in [-0.2, 0) is 14.8 Å². The Hall–Kier alpha value is -0.170. The van der Waals surface area contributed by atoms with Gasteiger partial charge in [0.15, 0.2) is 0 Å². The molecule has 0 aliphatic heterocycles. The largest absolute Gasteiger partial charge is 0.377 e. The van der Waals surface area contributed by atoms with Crippen LogP contribution in [0.25, 0.3) is 0 Å². The number of sulfonamides is 1. The Kier molecular flexibility index (Phi) is 7.81. The minimum atomic E-state index is -3.15. The summed E-state index contributed by atoms with van der Waals surface area (Å²) in [5.74, 6) is 0.135. The summed E-state index contributed by atoms with van der Waals surface area (Å²) in [7, 11) is -3.15. The van der Waals surface area contributed by atoms with Crippen LogP contribution in [0.1, 0.15) is 39.0 Å². The Balaban J connectivity index is 2.01. The molecule has 0 bridgehead atoms. The van der Waals surface area contributed by atoms with Gasteiger partial charge in [-0.15, -0.1) is 0 Å². The first kappa shape index (κ1) is 15.9. The number of nitrogens with one attached hydrogen (secondary N) is 2. The zero-order chi connectivity index (χ0) is 13.3. The van der Waals surface area contributed by atoms with Crippen molar-refractivity contribution >= 4 is 10.0 Å². The maximum Gasteiger partial charge on any atom is 0.212 e. The van der Waals surface area contributed by atoms with E-state index in [1.165, 1.54) is 12.8 Å². The molecule has 0 saturated heterocycles. The van der Waals surface area contributed by atoms with Crippen LogP contribution in [0, 0.1) is 0 Å². The fraction of sp³-hybridized carbons (Fsp3) is 1.00. The molecule has 1 rings (SSSR count). The molecule has 6 heteroatoms. The minimum absolute atomic E-state index is 0.135. The molecule has 108 valence electrons. The topological polar surface area (TPSA) is 67.4 Å². The SMILES string of the molecule is CCCNCCS(=O)(=O)NCCOC1CCCC1. The Morgan fingerprint density at radius 3 is 2.56 bits per heavy atom. The zero-order valence-electron chi connectivity index (χ0n) is 11.3. The molecule has 18 heavy (non-hydrogen) atoms. The van der Waals surface area contributed by atoms with Gasteiger partial charge >= 0.3 is 0 Å². The van der Waals surface area contributed by atoms with E-state index in [-0.39, 0.29) is 5.75 Å². The first-order valence-electron chi connectivity index (χ1n) is 6.93. The van der Waals surface area contributed by atoms with Crippen LogP contribution in [-0.4, -0.2) is 46.5 Å². The smallest absolute Gasteiger partial charge is 0.212 e. The van der Waals surface area contributed by atoms with E-state index < -0.39 is 10.0 Å². The highest BCUT2D eigenvalue weighted by atomic mass is 32.2. The average Bonchev–Trinajstić information content (AvgIpc) is 2.83. The summed E-state index contributed by atoms with van der Waals surface area (Å²) >= 11 is 0. The Morgan fingerprint density at radius 2 is 1.89 bits per heavy atom. The van der Waals surface area contributed by atoms with Gasteiger partial charge in [-0.2, -0.15) is 0 Å². The molecule has 1 aliphatic carbocycles. The Bertz CT molecular complexity index is 300. The van der Waals surface area contributed by atoms with Crippen molar-refractivity contribution in [1.29, 1.82) is 0 Å². The van der Waals surface area contributed by atoms with Crippen molar-refractivity contribution in [3.63, 3.8) is 0 Å². The van der Waals surface area contributed by atoms with E-state index in [0.717, 1.165) is 25.8 Å². The van der Waals surface area contributed by atoms with E-state index in [2.05, 4.69) is 17.0 Å². The normalized spacial score (nSPS) is 17.4. The van der Waals surface area contributed by atoms with Gasteiger partial charge in [-0.05, 0) is 25.8 Å². The lowest BCUT2D eigenvalue weighted by Gasteiger charge is -2.11. The van der Waals surface area contributed by atoms with E-state index in [1.807, 2.05) is 0 Å². The molecule has 1 fully saturated rings. The van der Waals surface area contributed by atoms with Crippen molar-refractivity contribution in [1.82, 2.24) is 10.0 Å². The fourth-order valence-corrected chi connectivity index (χ4v) is 3.01. The number of rotatable bonds is 10. The molecule has 0 heterocycles. The first-order chi connectivity index (χ1) is 8.64. The van der Waals surface area contributed by atoms with Gasteiger partial charge in [0.25, 0.3) is 0 Å². The summed E-state index contributed by atoms with van der Waals surface area (Å²) in [5.41, 5.74) is 0. The standard InChI is InChI=1S/C12H26N2O3S/c1-2-7-13-9-11-18(15,16)14-8-10-17-12-5-3-4-6-12/h12-14H,2-11H2,1H3. The molecule has 5 nitrogen and oxygen atoms in total. The lowest BCUT2D eigenvalue weighted by atomic mass is 10.3. The van der Waals surface area contributed by atoms with Crippen LogP contribution in [0.2, 0.25) is 0 Å². The number of hydrogen-bond donors (Lipinski definition) is 2. The first-order valence-corrected chi connectivity index (χ1v) is 8.59. The highest BCUT2D eigenvalue weighted by Gasteiger charge is 2.15. The van der Waals surface area contributed by atoms with E-state index in [1.54, 1.807) is 0 Å². The van der Waals surface area contributed by atoms with E-state index in [0.29, 0.717) is 25.8 Å². The van der Waals surface area contributed by atoms with Gasteiger partial charge in [-0.3, -0.25) is 0 Å². The summed E-state index contributed by atoms with van der Waals surface area (Å²) in [4.78, 5) is 0. The summed E-state index contributed by atoms with van der Waals surface area (Å²) in [5, 5.41) is 3.08. The molecule has 0 aromatic rings. The van der Waals surface area contributed by atoms with Gasteiger partial charge in [0.05, 0.1) is 18.5 Å². The second-order valence-corrected chi connectivity index (χ2v) is 6.67.